The largest absolute Gasteiger partial charge is 0.453 e. The fourth-order valence-electron chi connectivity index (χ4n) is 10.4. The molecule has 0 unspecified atom stereocenters. The van der Waals surface area contributed by atoms with Gasteiger partial charge >= 0.3 is 12.2 Å². The maximum atomic E-state index is 13.8. The van der Waals surface area contributed by atoms with Crippen molar-refractivity contribution in [3.8, 4) is 0 Å². The second kappa shape index (κ2) is 22.4. The van der Waals surface area contributed by atoms with Crippen LogP contribution in [0.25, 0.3) is 0 Å². The molecule has 2 N–H and O–H groups in total. The number of nitrogens with one attached hydrogen (secondary N) is 2. The number of halogens is 1. The third kappa shape index (κ3) is 12.1. The van der Waals surface area contributed by atoms with Gasteiger partial charge in [0.15, 0.2) is 0 Å². The normalized spacial score (nSPS) is 18.2. The van der Waals surface area contributed by atoms with Gasteiger partial charge in [-0.25, -0.2) is 9.59 Å². The maximum Gasteiger partial charge on any atom is 0.406 e. The van der Waals surface area contributed by atoms with Crippen LogP contribution < -0.4 is 20.4 Å². The lowest BCUT2D eigenvalue weighted by Crippen LogP contribution is -2.49. The highest BCUT2D eigenvalue weighted by atomic mass is 79.9. The number of amides is 6. The summed E-state index contributed by atoms with van der Waals surface area (Å²) in [4.78, 5) is 84.6. The number of carbonyl (C=O) groups excluding carboxylic acids is 6. The molecule has 0 saturated heterocycles. The number of alkyl carbamates (subject to hydrolysis) is 2. The van der Waals surface area contributed by atoms with Crippen molar-refractivity contribution in [1.29, 1.82) is 0 Å². The molecular formula is C51H75BrN6O8. The average Bonchev–Trinajstić information content (AvgIpc) is 3.26. The van der Waals surface area contributed by atoms with Crippen molar-refractivity contribution in [3.63, 3.8) is 0 Å². The third-order valence-electron chi connectivity index (χ3n) is 13.6. The molecular weight excluding hydrogens is 904 g/mol. The Labute approximate surface area is 401 Å². The summed E-state index contributed by atoms with van der Waals surface area (Å²) in [6.45, 7) is 19.2. The first-order chi connectivity index (χ1) is 31.1. The summed E-state index contributed by atoms with van der Waals surface area (Å²) >= 11 is 3.65. The SMILES string of the molecule is COC(=O)NCCN1C(=O)C(C)(C)Cc2cc(Br)c(C(=O)N(C(C)C)C3CCCCC3)cc21.COC(=O)NCCN1C(=O)C(C)(C)Cc2cc(C)c(C(=O)N(C(C)C)C3CCCCC3)cc21. The number of fused-ring (bicyclic) bond motifs is 2. The Morgan fingerprint density at radius 1 is 0.652 bits per heavy atom. The van der Waals surface area contributed by atoms with Crippen molar-refractivity contribution >= 4 is 63.1 Å². The van der Waals surface area contributed by atoms with Gasteiger partial charge in [-0.1, -0.05) is 72.3 Å². The van der Waals surface area contributed by atoms with E-state index in [1.54, 1.807) is 9.80 Å². The number of methoxy groups -OCH3 is 2. The van der Waals surface area contributed by atoms with Gasteiger partial charge in [-0.3, -0.25) is 19.2 Å². The van der Waals surface area contributed by atoms with Crippen LogP contribution in [0, 0.1) is 17.8 Å². The standard InChI is InChI=1S/C26H39N3O4.C25H36BrN3O4/c1-17(2)29(20-10-8-7-9-11-20)23(30)21-15-22-19(14-18(21)3)16-26(4,5)24(31)28(22)13-12-27-25(32)33-6;1-16(2)29(18-9-7-6-8-10-18)22(30)19-14-21-17(13-20(19)26)15-25(3,4)23(31)28(21)12-11-27-24(32)33-5/h14-15,17,20H,7-13,16H2,1-6H3,(H,27,32);13-14,16,18H,6-12,15H2,1-5H3,(H,27,32). The van der Waals surface area contributed by atoms with Crippen molar-refractivity contribution in [3.05, 3.63) is 56.6 Å². The summed E-state index contributed by atoms with van der Waals surface area (Å²) in [5, 5.41) is 5.30. The number of anilines is 2. The highest BCUT2D eigenvalue weighted by Crippen LogP contribution is 2.42. The van der Waals surface area contributed by atoms with E-state index in [4.69, 9.17) is 0 Å². The summed E-state index contributed by atoms with van der Waals surface area (Å²) < 4.78 is 10.0. The smallest absolute Gasteiger partial charge is 0.406 e. The first-order valence-corrected chi connectivity index (χ1v) is 24.8. The quantitative estimate of drug-likeness (QED) is 0.213. The number of hydrogen-bond acceptors (Lipinski definition) is 8. The zero-order chi connectivity index (χ0) is 48.7. The lowest BCUT2D eigenvalue weighted by atomic mass is 9.79. The highest BCUT2D eigenvalue weighted by molar-refractivity contribution is 9.10. The number of ether oxygens (including phenoxy) is 2. The van der Waals surface area contributed by atoms with Gasteiger partial charge in [0, 0.05) is 82.6 Å². The van der Waals surface area contributed by atoms with Crippen LogP contribution >= 0.6 is 15.9 Å². The van der Waals surface area contributed by atoms with Gasteiger partial charge in [-0.15, -0.1) is 0 Å². The molecule has 66 heavy (non-hydrogen) atoms. The lowest BCUT2D eigenvalue weighted by molar-refractivity contribution is -0.127. The molecule has 0 bridgehead atoms. The number of hydrogen-bond donors (Lipinski definition) is 2. The molecule has 2 heterocycles. The monoisotopic (exact) mass is 978 g/mol. The Hall–Kier alpha value is -4.66. The van der Waals surface area contributed by atoms with E-state index in [1.807, 2.05) is 62.6 Å². The van der Waals surface area contributed by atoms with Crippen molar-refractivity contribution in [1.82, 2.24) is 20.4 Å². The Kier molecular flexibility index (Phi) is 17.8. The number of nitrogens with zero attached hydrogens (tertiary/aromatic N) is 4. The fraction of sp³-hybridized carbons (Fsp3) is 0.647. The molecule has 15 heteroatoms. The van der Waals surface area contributed by atoms with E-state index in [0.29, 0.717) is 37.1 Å². The third-order valence-corrected chi connectivity index (χ3v) is 14.3. The minimum atomic E-state index is -0.574. The van der Waals surface area contributed by atoms with E-state index >= 15 is 0 Å². The summed E-state index contributed by atoms with van der Waals surface area (Å²) in [6, 6.07) is 8.51. The molecule has 6 rings (SSSR count). The van der Waals surface area contributed by atoms with E-state index in [1.165, 1.54) is 27.1 Å². The molecule has 2 saturated carbocycles. The first kappa shape index (κ1) is 52.3. The molecule has 2 aliphatic heterocycles. The number of rotatable bonds is 12. The van der Waals surface area contributed by atoms with Crippen LogP contribution in [0.5, 0.6) is 0 Å². The van der Waals surface area contributed by atoms with Crippen LogP contribution in [-0.4, -0.2) is 110 Å². The zero-order valence-corrected chi connectivity index (χ0v) is 43.0. The summed E-state index contributed by atoms with van der Waals surface area (Å²) in [5.41, 5.74) is 4.63. The van der Waals surface area contributed by atoms with Crippen molar-refractivity contribution < 1.29 is 38.2 Å². The number of benzene rings is 2. The summed E-state index contributed by atoms with van der Waals surface area (Å²) in [5.74, 6) is 0.0194. The van der Waals surface area contributed by atoms with Crippen LogP contribution in [-0.2, 0) is 31.9 Å². The number of aryl methyl sites for hydroxylation is 1. The van der Waals surface area contributed by atoms with Crippen LogP contribution in [0.15, 0.2) is 28.7 Å². The van der Waals surface area contributed by atoms with E-state index in [2.05, 4.69) is 69.8 Å². The van der Waals surface area contributed by atoms with Crippen molar-refractivity contribution in [2.45, 2.75) is 164 Å². The van der Waals surface area contributed by atoms with Gasteiger partial charge in [0.1, 0.15) is 0 Å². The topological polar surface area (TPSA) is 158 Å². The molecule has 0 spiro atoms. The Balaban J connectivity index is 0.000000247. The predicted molar refractivity (Wildman–Crippen MR) is 262 cm³/mol. The molecule has 2 aromatic carbocycles. The molecule has 2 aromatic rings. The van der Waals surface area contributed by atoms with Gasteiger partial charge in [0.2, 0.25) is 11.8 Å². The Bertz CT molecular complexity index is 1960. The molecule has 14 nitrogen and oxygen atoms in total. The van der Waals surface area contributed by atoms with Crippen LogP contribution in [0.1, 0.15) is 157 Å². The zero-order valence-electron chi connectivity index (χ0n) is 41.4. The van der Waals surface area contributed by atoms with E-state index in [9.17, 15) is 28.8 Å². The van der Waals surface area contributed by atoms with E-state index < -0.39 is 23.0 Å². The Morgan fingerprint density at radius 3 is 1.42 bits per heavy atom. The first-order valence-electron chi connectivity index (χ1n) is 24.0. The second-order valence-corrected chi connectivity index (χ2v) is 21.2. The molecule has 0 aromatic heterocycles. The van der Waals surface area contributed by atoms with Gasteiger partial charge in [0.25, 0.3) is 11.8 Å². The summed E-state index contributed by atoms with van der Waals surface area (Å²) in [6.07, 6.45) is 11.4. The second-order valence-electron chi connectivity index (χ2n) is 20.3. The van der Waals surface area contributed by atoms with Crippen LogP contribution in [0.3, 0.4) is 0 Å². The van der Waals surface area contributed by atoms with E-state index in [0.717, 1.165) is 83.9 Å². The maximum absolute atomic E-state index is 13.8. The lowest BCUT2D eigenvalue weighted by Gasteiger charge is -2.40. The molecule has 0 radical (unpaired) electrons. The summed E-state index contributed by atoms with van der Waals surface area (Å²) in [7, 11) is 2.62. The van der Waals surface area contributed by atoms with Gasteiger partial charge in [-0.2, -0.15) is 0 Å². The molecule has 6 amide bonds. The highest BCUT2D eigenvalue weighted by Gasteiger charge is 2.42. The van der Waals surface area contributed by atoms with Crippen molar-refractivity contribution in [2.24, 2.45) is 10.8 Å². The fourth-order valence-corrected chi connectivity index (χ4v) is 10.9. The predicted octanol–water partition coefficient (Wildman–Crippen LogP) is 9.35. The van der Waals surface area contributed by atoms with Crippen molar-refractivity contribution in [2.75, 3.05) is 50.2 Å². The average molecular weight is 980 g/mol. The minimum Gasteiger partial charge on any atom is -0.453 e. The van der Waals surface area contributed by atoms with Crippen LogP contribution in [0.4, 0.5) is 21.0 Å². The van der Waals surface area contributed by atoms with Gasteiger partial charge < -0.3 is 39.7 Å². The number of carbonyl (C=O) groups is 6. The van der Waals surface area contributed by atoms with Crippen LogP contribution in [0.2, 0.25) is 0 Å². The van der Waals surface area contributed by atoms with E-state index in [-0.39, 0.29) is 60.9 Å². The minimum absolute atomic E-state index is 0.00286. The molecule has 2 fully saturated rings. The van der Waals surface area contributed by atoms with Gasteiger partial charge in [0.05, 0.1) is 19.8 Å². The molecule has 364 valence electrons. The molecule has 0 atom stereocenters. The van der Waals surface area contributed by atoms with Gasteiger partial charge in [-0.05, 0) is 124 Å². The molecule has 2 aliphatic carbocycles. The Morgan fingerprint density at radius 2 is 1.03 bits per heavy atom. The molecule has 4 aliphatic rings.